The van der Waals surface area contributed by atoms with Gasteiger partial charge < -0.3 is 10.5 Å². The maximum Gasteiger partial charge on any atom is 0.119 e. The molecule has 0 saturated heterocycles. The lowest BCUT2D eigenvalue weighted by Gasteiger charge is -2.10. The van der Waals surface area contributed by atoms with Crippen LogP contribution in [0.1, 0.15) is 30.5 Å². The summed E-state index contributed by atoms with van der Waals surface area (Å²) in [6.07, 6.45) is 4.50. The second-order valence-electron chi connectivity index (χ2n) is 4.23. The van der Waals surface area contributed by atoms with Gasteiger partial charge in [0.1, 0.15) is 12.4 Å². The highest BCUT2D eigenvalue weighted by molar-refractivity contribution is 5.29. The lowest BCUT2D eigenvalue weighted by atomic mass is 10.1. The number of ether oxygens (including phenoxy) is 1. The van der Waals surface area contributed by atoms with Gasteiger partial charge in [-0.2, -0.15) is 0 Å². The van der Waals surface area contributed by atoms with Crippen molar-refractivity contribution >= 4 is 0 Å². The summed E-state index contributed by atoms with van der Waals surface area (Å²) in [5.74, 6) is 0.853. The van der Waals surface area contributed by atoms with E-state index >= 15 is 0 Å². The number of rotatable bonds is 5. The van der Waals surface area contributed by atoms with Crippen LogP contribution in [0.4, 0.5) is 0 Å². The van der Waals surface area contributed by atoms with Gasteiger partial charge in [0, 0.05) is 24.0 Å². The highest BCUT2D eigenvalue weighted by Crippen LogP contribution is 2.18. The van der Waals surface area contributed by atoms with Crippen LogP contribution in [0, 0.1) is 0 Å². The van der Waals surface area contributed by atoms with Crippen LogP contribution in [0.3, 0.4) is 0 Å². The van der Waals surface area contributed by atoms with E-state index in [0.29, 0.717) is 6.61 Å². The summed E-state index contributed by atoms with van der Waals surface area (Å²) in [5, 5.41) is 0. The molecule has 0 fully saturated rings. The SMILES string of the molecule is CCC(N)c1ccc(OCc2cccnc2)cc1. The Kier molecular flexibility index (Phi) is 4.31. The van der Waals surface area contributed by atoms with Crippen molar-refractivity contribution in [2.45, 2.75) is 26.0 Å². The smallest absolute Gasteiger partial charge is 0.119 e. The topological polar surface area (TPSA) is 48.1 Å². The molecule has 2 aromatic rings. The molecule has 0 radical (unpaired) electrons. The largest absolute Gasteiger partial charge is 0.489 e. The van der Waals surface area contributed by atoms with Crippen LogP contribution in [0.5, 0.6) is 5.75 Å². The fourth-order valence-electron chi connectivity index (χ4n) is 1.70. The molecular formula is C15H18N2O. The third kappa shape index (κ3) is 3.31. The van der Waals surface area contributed by atoms with Crippen LogP contribution in [-0.4, -0.2) is 4.98 Å². The average Bonchev–Trinajstić information content (AvgIpc) is 2.46. The molecule has 0 aliphatic carbocycles. The molecule has 1 atom stereocenters. The van der Waals surface area contributed by atoms with Gasteiger partial charge in [-0.1, -0.05) is 25.1 Å². The van der Waals surface area contributed by atoms with Crippen molar-refractivity contribution in [3.05, 3.63) is 59.9 Å². The third-order valence-corrected chi connectivity index (χ3v) is 2.88. The van der Waals surface area contributed by atoms with E-state index in [0.717, 1.165) is 23.3 Å². The quantitative estimate of drug-likeness (QED) is 0.876. The van der Waals surface area contributed by atoms with Crippen LogP contribution in [0.25, 0.3) is 0 Å². The second-order valence-corrected chi connectivity index (χ2v) is 4.23. The minimum atomic E-state index is 0.109. The molecule has 0 aliphatic heterocycles. The van der Waals surface area contributed by atoms with E-state index in [1.165, 1.54) is 0 Å². The van der Waals surface area contributed by atoms with Gasteiger partial charge in [-0.15, -0.1) is 0 Å². The summed E-state index contributed by atoms with van der Waals surface area (Å²) in [6, 6.07) is 12.0. The molecule has 0 spiro atoms. The van der Waals surface area contributed by atoms with Crippen LogP contribution in [0.2, 0.25) is 0 Å². The minimum Gasteiger partial charge on any atom is -0.489 e. The second kappa shape index (κ2) is 6.17. The van der Waals surface area contributed by atoms with Gasteiger partial charge in [-0.25, -0.2) is 0 Å². The van der Waals surface area contributed by atoms with E-state index in [4.69, 9.17) is 10.5 Å². The van der Waals surface area contributed by atoms with Crippen molar-refractivity contribution in [3.63, 3.8) is 0 Å². The highest BCUT2D eigenvalue weighted by atomic mass is 16.5. The zero-order chi connectivity index (χ0) is 12.8. The minimum absolute atomic E-state index is 0.109. The Labute approximate surface area is 108 Å². The molecule has 0 saturated carbocycles. The van der Waals surface area contributed by atoms with Gasteiger partial charge in [-0.3, -0.25) is 4.98 Å². The van der Waals surface area contributed by atoms with Crippen molar-refractivity contribution in [1.29, 1.82) is 0 Å². The number of nitrogens with zero attached hydrogens (tertiary/aromatic N) is 1. The number of aromatic nitrogens is 1. The van der Waals surface area contributed by atoms with Crippen LogP contribution in [0.15, 0.2) is 48.8 Å². The molecule has 0 bridgehead atoms. The van der Waals surface area contributed by atoms with Crippen molar-refractivity contribution < 1.29 is 4.74 Å². The number of pyridine rings is 1. The first-order chi connectivity index (χ1) is 8.79. The maximum absolute atomic E-state index is 5.96. The molecule has 1 heterocycles. The molecule has 3 nitrogen and oxygen atoms in total. The number of benzene rings is 1. The zero-order valence-electron chi connectivity index (χ0n) is 10.5. The molecular weight excluding hydrogens is 224 g/mol. The maximum atomic E-state index is 5.96. The van der Waals surface area contributed by atoms with Crippen LogP contribution >= 0.6 is 0 Å². The Balaban J connectivity index is 1.94. The number of hydrogen-bond donors (Lipinski definition) is 1. The molecule has 2 rings (SSSR count). The summed E-state index contributed by atoms with van der Waals surface area (Å²) in [5.41, 5.74) is 8.17. The lowest BCUT2D eigenvalue weighted by molar-refractivity contribution is 0.305. The Hall–Kier alpha value is -1.87. The third-order valence-electron chi connectivity index (χ3n) is 2.88. The monoisotopic (exact) mass is 242 g/mol. The van der Waals surface area contributed by atoms with E-state index < -0.39 is 0 Å². The van der Waals surface area contributed by atoms with Gasteiger partial charge in [-0.05, 0) is 30.2 Å². The van der Waals surface area contributed by atoms with E-state index in [2.05, 4.69) is 11.9 Å². The predicted molar refractivity (Wildman–Crippen MR) is 72.2 cm³/mol. The van der Waals surface area contributed by atoms with Gasteiger partial charge in [0.05, 0.1) is 0 Å². The van der Waals surface area contributed by atoms with Crippen molar-refractivity contribution in [3.8, 4) is 5.75 Å². The summed E-state index contributed by atoms with van der Waals surface area (Å²) >= 11 is 0. The first-order valence-electron chi connectivity index (χ1n) is 6.17. The van der Waals surface area contributed by atoms with E-state index in [1.807, 2.05) is 36.4 Å². The Morgan fingerprint density at radius 2 is 2.00 bits per heavy atom. The molecule has 0 aliphatic rings. The molecule has 1 aromatic heterocycles. The summed E-state index contributed by atoms with van der Waals surface area (Å²) in [4.78, 5) is 4.05. The molecule has 1 unspecified atom stereocenters. The van der Waals surface area contributed by atoms with Gasteiger partial charge in [0.2, 0.25) is 0 Å². The first kappa shape index (κ1) is 12.6. The standard InChI is InChI=1S/C15H18N2O/c1-2-15(16)13-5-7-14(8-6-13)18-11-12-4-3-9-17-10-12/h3-10,15H,2,11,16H2,1H3. The first-order valence-corrected chi connectivity index (χ1v) is 6.17. The number of hydrogen-bond acceptors (Lipinski definition) is 3. The average molecular weight is 242 g/mol. The fourth-order valence-corrected chi connectivity index (χ4v) is 1.70. The van der Waals surface area contributed by atoms with Crippen LogP contribution < -0.4 is 10.5 Å². The molecule has 3 heteroatoms. The van der Waals surface area contributed by atoms with Gasteiger partial charge in [0.15, 0.2) is 0 Å². The normalized spacial score (nSPS) is 12.1. The summed E-state index contributed by atoms with van der Waals surface area (Å²) in [6.45, 7) is 2.62. The molecule has 0 amide bonds. The fraction of sp³-hybridized carbons (Fsp3) is 0.267. The van der Waals surface area contributed by atoms with Crippen molar-refractivity contribution in [2.24, 2.45) is 5.73 Å². The zero-order valence-corrected chi connectivity index (χ0v) is 10.5. The van der Waals surface area contributed by atoms with Gasteiger partial charge in [0.25, 0.3) is 0 Å². The highest BCUT2D eigenvalue weighted by Gasteiger charge is 2.03. The van der Waals surface area contributed by atoms with Gasteiger partial charge >= 0.3 is 0 Å². The lowest BCUT2D eigenvalue weighted by Crippen LogP contribution is -2.08. The predicted octanol–water partition coefficient (Wildman–Crippen LogP) is 3.07. The molecule has 1 aromatic carbocycles. The Bertz CT molecular complexity index is 468. The Morgan fingerprint density at radius 1 is 1.22 bits per heavy atom. The Morgan fingerprint density at radius 3 is 2.61 bits per heavy atom. The molecule has 2 N–H and O–H groups in total. The molecule has 18 heavy (non-hydrogen) atoms. The van der Waals surface area contributed by atoms with Crippen molar-refractivity contribution in [2.75, 3.05) is 0 Å². The number of nitrogens with two attached hydrogens (primary N) is 1. The summed E-state index contributed by atoms with van der Waals surface area (Å²) in [7, 11) is 0. The van der Waals surface area contributed by atoms with Crippen molar-refractivity contribution in [1.82, 2.24) is 4.98 Å². The van der Waals surface area contributed by atoms with Crippen LogP contribution in [-0.2, 0) is 6.61 Å². The van der Waals surface area contributed by atoms with E-state index in [-0.39, 0.29) is 6.04 Å². The van der Waals surface area contributed by atoms with E-state index in [1.54, 1.807) is 12.4 Å². The van der Waals surface area contributed by atoms with E-state index in [9.17, 15) is 0 Å². The molecule has 94 valence electrons. The summed E-state index contributed by atoms with van der Waals surface area (Å²) < 4.78 is 5.68.